The first-order chi connectivity index (χ1) is 10.3. The average Bonchev–Trinajstić information content (AvgIpc) is 2.55. The minimum atomic E-state index is 0.771. The molecule has 0 fully saturated rings. The zero-order chi connectivity index (χ0) is 14.9. The molecule has 112 valence electrons. The highest BCUT2D eigenvalue weighted by atomic mass is 16.5. The maximum Gasteiger partial charge on any atom is 0.159 e. The van der Waals surface area contributed by atoms with Crippen LogP contribution in [0, 0.1) is 0 Å². The Hall–Kier alpha value is -1.90. The van der Waals surface area contributed by atoms with Gasteiger partial charge in [0.1, 0.15) is 5.75 Å². The SMILES string of the molecule is CCCCCCCc1cnc(-c2ccc(OC)cc2)nc1. The van der Waals surface area contributed by atoms with Crippen LogP contribution in [0.3, 0.4) is 0 Å². The van der Waals surface area contributed by atoms with Gasteiger partial charge in [0.2, 0.25) is 0 Å². The van der Waals surface area contributed by atoms with Crippen LogP contribution in [0.5, 0.6) is 5.75 Å². The van der Waals surface area contributed by atoms with E-state index in [2.05, 4.69) is 16.9 Å². The maximum atomic E-state index is 5.16. The third-order valence-electron chi connectivity index (χ3n) is 3.62. The van der Waals surface area contributed by atoms with Crippen molar-refractivity contribution in [1.29, 1.82) is 0 Å². The summed E-state index contributed by atoms with van der Waals surface area (Å²) in [6.45, 7) is 2.24. The monoisotopic (exact) mass is 284 g/mol. The first kappa shape index (κ1) is 15.5. The fourth-order valence-corrected chi connectivity index (χ4v) is 2.31. The summed E-state index contributed by atoms with van der Waals surface area (Å²) in [5, 5.41) is 0. The largest absolute Gasteiger partial charge is 0.497 e. The van der Waals surface area contributed by atoms with Crippen LogP contribution in [-0.2, 0) is 6.42 Å². The number of rotatable bonds is 8. The first-order valence-corrected chi connectivity index (χ1v) is 7.79. The highest BCUT2D eigenvalue weighted by Crippen LogP contribution is 2.19. The number of methoxy groups -OCH3 is 1. The van der Waals surface area contributed by atoms with Crippen molar-refractivity contribution in [3.8, 4) is 17.1 Å². The van der Waals surface area contributed by atoms with Crippen LogP contribution in [0.2, 0.25) is 0 Å². The lowest BCUT2D eigenvalue weighted by Gasteiger charge is -2.04. The van der Waals surface area contributed by atoms with Gasteiger partial charge in [-0.2, -0.15) is 0 Å². The third kappa shape index (κ3) is 4.85. The molecule has 0 spiro atoms. The van der Waals surface area contributed by atoms with E-state index < -0.39 is 0 Å². The molecule has 0 N–H and O–H groups in total. The molecule has 0 saturated carbocycles. The van der Waals surface area contributed by atoms with Gasteiger partial charge in [0.05, 0.1) is 7.11 Å². The molecule has 0 aliphatic heterocycles. The van der Waals surface area contributed by atoms with Crippen LogP contribution in [0.25, 0.3) is 11.4 Å². The molecule has 1 aromatic carbocycles. The number of hydrogen-bond acceptors (Lipinski definition) is 3. The second-order valence-electron chi connectivity index (χ2n) is 5.31. The minimum absolute atomic E-state index is 0.771. The van der Waals surface area contributed by atoms with Crippen LogP contribution in [-0.4, -0.2) is 17.1 Å². The van der Waals surface area contributed by atoms with E-state index in [1.54, 1.807) is 7.11 Å². The van der Waals surface area contributed by atoms with Crippen molar-refractivity contribution in [2.75, 3.05) is 7.11 Å². The standard InChI is InChI=1S/C18H24N2O/c1-3-4-5-6-7-8-15-13-19-18(20-14-15)16-9-11-17(21-2)12-10-16/h9-14H,3-8H2,1-2H3. The summed E-state index contributed by atoms with van der Waals surface area (Å²) < 4.78 is 5.16. The number of aromatic nitrogens is 2. The van der Waals surface area contributed by atoms with Gasteiger partial charge in [0.15, 0.2) is 5.82 Å². The molecule has 1 aromatic heterocycles. The van der Waals surface area contributed by atoms with Crippen molar-refractivity contribution in [3.63, 3.8) is 0 Å². The van der Waals surface area contributed by atoms with Gasteiger partial charge in [-0.25, -0.2) is 9.97 Å². The van der Waals surface area contributed by atoms with E-state index in [4.69, 9.17) is 4.74 Å². The van der Waals surface area contributed by atoms with Crippen LogP contribution in [0.15, 0.2) is 36.7 Å². The van der Waals surface area contributed by atoms with E-state index in [-0.39, 0.29) is 0 Å². The molecule has 3 nitrogen and oxygen atoms in total. The number of ether oxygens (including phenoxy) is 1. The predicted octanol–water partition coefficient (Wildman–Crippen LogP) is 4.67. The topological polar surface area (TPSA) is 35.0 Å². The second-order valence-corrected chi connectivity index (χ2v) is 5.31. The molecule has 2 aromatic rings. The maximum absolute atomic E-state index is 5.16. The van der Waals surface area contributed by atoms with Gasteiger partial charge in [-0.1, -0.05) is 32.6 Å². The molecular formula is C18H24N2O. The van der Waals surface area contributed by atoms with Gasteiger partial charge in [0.25, 0.3) is 0 Å². The third-order valence-corrected chi connectivity index (χ3v) is 3.62. The molecular weight excluding hydrogens is 260 g/mol. The molecule has 2 rings (SSSR count). The summed E-state index contributed by atoms with van der Waals surface area (Å²) >= 11 is 0. The normalized spacial score (nSPS) is 10.6. The van der Waals surface area contributed by atoms with E-state index >= 15 is 0 Å². The number of unbranched alkanes of at least 4 members (excludes halogenated alkanes) is 4. The number of nitrogens with zero attached hydrogens (tertiary/aromatic N) is 2. The Morgan fingerprint density at radius 3 is 2.19 bits per heavy atom. The molecule has 0 aliphatic rings. The highest BCUT2D eigenvalue weighted by Gasteiger charge is 2.02. The van der Waals surface area contributed by atoms with Gasteiger partial charge in [-0.15, -0.1) is 0 Å². The molecule has 1 heterocycles. The Morgan fingerprint density at radius 1 is 0.905 bits per heavy atom. The lowest BCUT2D eigenvalue weighted by atomic mass is 10.1. The minimum Gasteiger partial charge on any atom is -0.497 e. The van der Waals surface area contributed by atoms with Crippen LogP contribution >= 0.6 is 0 Å². The highest BCUT2D eigenvalue weighted by molar-refractivity contribution is 5.55. The molecule has 0 bridgehead atoms. The molecule has 0 atom stereocenters. The summed E-state index contributed by atoms with van der Waals surface area (Å²) in [6, 6.07) is 7.83. The zero-order valence-electron chi connectivity index (χ0n) is 13.0. The van der Waals surface area contributed by atoms with E-state index in [1.807, 2.05) is 36.7 Å². The van der Waals surface area contributed by atoms with E-state index in [0.717, 1.165) is 23.6 Å². The first-order valence-electron chi connectivity index (χ1n) is 7.79. The lowest BCUT2D eigenvalue weighted by molar-refractivity contribution is 0.415. The van der Waals surface area contributed by atoms with E-state index in [9.17, 15) is 0 Å². The summed E-state index contributed by atoms with van der Waals surface area (Å²) in [4.78, 5) is 8.94. The van der Waals surface area contributed by atoms with Crippen molar-refractivity contribution in [2.24, 2.45) is 0 Å². The molecule has 0 radical (unpaired) electrons. The van der Waals surface area contributed by atoms with E-state index in [0.29, 0.717) is 0 Å². The predicted molar refractivity (Wildman–Crippen MR) is 86.5 cm³/mol. The molecule has 0 aliphatic carbocycles. The Bertz CT molecular complexity index is 520. The quantitative estimate of drug-likeness (QED) is 0.661. The summed E-state index contributed by atoms with van der Waals surface area (Å²) in [5.41, 5.74) is 2.24. The number of benzene rings is 1. The molecule has 0 saturated heterocycles. The smallest absolute Gasteiger partial charge is 0.159 e. The molecule has 0 unspecified atom stereocenters. The second kappa shape index (κ2) is 8.40. The molecule has 0 amide bonds. The van der Waals surface area contributed by atoms with Crippen LogP contribution < -0.4 is 4.74 Å². The van der Waals surface area contributed by atoms with Crippen molar-refractivity contribution in [2.45, 2.75) is 45.4 Å². The Morgan fingerprint density at radius 2 is 1.57 bits per heavy atom. The summed E-state index contributed by atoms with van der Waals surface area (Å²) in [5.74, 6) is 1.62. The Balaban J connectivity index is 1.88. The molecule has 3 heteroatoms. The van der Waals surface area contributed by atoms with Gasteiger partial charge in [-0.05, 0) is 42.7 Å². The zero-order valence-corrected chi connectivity index (χ0v) is 13.0. The lowest BCUT2D eigenvalue weighted by Crippen LogP contribution is -1.93. The van der Waals surface area contributed by atoms with E-state index in [1.165, 1.54) is 37.7 Å². The van der Waals surface area contributed by atoms with Crippen molar-refractivity contribution in [3.05, 3.63) is 42.2 Å². The fraction of sp³-hybridized carbons (Fsp3) is 0.444. The van der Waals surface area contributed by atoms with Crippen molar-refractivity contribution < 1.29 is 4.74 Å². The average molecular weight is 284 g/mol. The Labute approximate surface area is 127 Å². The molecule has 21 heavy (non-hydrogen) atoms. The van der Waals surface area contributed by atoms with Gasteiger partial charge < -0.3 is 4.74 Å². The van der Waals surface area contributed by atoms with Crippen LogP contribution in [0.1, 0.15) is 44.6 Å². The summed E-state index contributed by atoms with van der Waals surface area (Å²) in [7, 11) is 1.67. The van der Waals surface area contributed by atoms with Crippen LogP contribution in [0.4, 0.5) is 0 Å². The van der Waals surface area contributed by atoms with Gasteiger partial charge >= 0.3 is 0 Å². The summed E-state index contributed by atoms with van der Waals surface area (Å²) in [6.07, 6.45) is 11.5. The van der Waals surface area contributed by atoms with Gasteiger partial charge in [0, 0.05) is 18.0 Å². The Kier molecular flexibility index (Phi) is 6.20. The van der Waals surface area contributed by atoms with Gasteiger partial charge in [-0.3, -0.25) is 0 Å². The van der Waals surface area contributed by atoms with Crippen molar-refractivity contribution in [1.82, 2.24) is 9.97 Å². The van der Waals surface area contributed by atoms with Crippen molar-refractivity contribution >= 4 is 0 Å². The number of hydrogen-bond donors (Lipinski definition) is 0. The fourth-order valence-electron chi connectivity index (χ4n) is 2.31. The number of aryl methyl sites for hydroxylation is 1.